The molecule has 0 radical (unpaired) electrons. The molecule has 3 rings (SSSR count). The fourth-order valence-electron chi connectivity index (χ4n) is 2.89. The van der Waals surface area contributed by atoms with Crippen molar-refractivity contribution >= 4 is 50.6 Å². The number of thiophene rings is 1. The highest BCUT2D eigenvalue weighted by Gasteiger charge is 2.26. The highest BCUT2D eigenvalue weighted by atomic mass is 32.1. The number of methoxy groups -OCH3 is 2. The van der Waals surface area contributed by atoms with E-state index in [0.717, 1.165) is 27.8 Å². The number of hydrogen-bond donors (Lipinski definition) is 2. The molecule has 0 bridgehead atoms. The Morgan fingerprint density at radius 3 is 2.34 bits per heavy atom. The van der Waals surface area contributed by atoms with Crippen LogP contribution in [0.15, 0.2) is 42.5 Å². The Hall–Kier alpha value is -3.39. The van der Waals surface area contributed by atoms with E-state index in [1.54, 1.807) is 6.92 Å². The van der Waals surface area contributed by atoms with Crippen molar-refractivity contribution in [3.63, 3.8) is 0 Å². The molecule has 0 spiro atoms. The molecule has 3 aromatic rings. The van der Waals surface area contributed by atoms with E-state index in [0.29, 0.717) is 5.56 Å². The molecule has 0 unspecified atom stereocenters. The molecule has 2 aromatic carbocycles. The Morgan fingerprint density at radius 1 is 0.966 bits per heavy atom. The Kier molecular flexibility index (Phi) is 6.13. The van der Waals surface area contributed by atoms with Crippen LogP contribution in [0.3, 0.4) is 0 Å². The summed E-state index contributed by atoms with van der Waals surface area (Å²) in [5, 5.41) is 8.16. The Morgan fingerprint density at radius 2 is 1.66 bits per heavy atom. The van der Waals surface area contributed by atoms with E-state index in [1.807, 2.05) is 42.5 Å². The molecule has 0 saturated heterocycles. The maximum Gasteiger partial charge on any atom is 0.348 e. The van der Waals surface area contributed by atoms with Crippen molar-refractivity contribution in [3.8, 4) is 0 Å². The van der Waals surface area contributed by atoms with Gasteiger partial charge in [0, 0.05) is 5.69 Å². The zero-order valence-electron chi connectivity index (χ0n) is 16.2. The normalized spacial score (nSPS) is 10.4. The van der Waals surface area contributed by atoms with Crippen molar-refractivity contribution < 1.29 is 23.9 Å². The standard InChI is InChI=1S/C21H20N2O5S/c1-12-17(20(25)27-2)19(29-18(12)21(26)28-3)23-16(24)11-22-15-9-8-13-6-4-5-7-14(13)10-15/h4-10,22H,11H2,1-3H3,(H,23,24). The van der Waals surface area contributed by atoms with Gasteiger partial charge in [0.05, 0.1) is 26.3 Å². The zero-order chi connectivity index (χ0) is 21.0. The van der Waals surface area contributed by atoms with Gasteiger partial charge in [-0.15, -0.1) is 11.3 Å². The van der Waals surface area contributed by atoms with Crippen LogP contribution in [0.1, 0.15) is 25.6 Å². The van der Waals surface area contributed by atoms with Crippen LogP contribution in [-0.2, 0) is 14.3 Å². The van der Waals surface area contributed by atoms with Crippen molar-refractivity contribution in [1.82, 2.24) is 0 Å². The Labute approximate surface area is 171 Å². The highest BCUT2D eigenvalue weighted by Crippen LogP contribution is 2.34. The fraction of sp³-hybridized carbons (Fsp3) is 0.190. The lowest BCUT2D eigenvalue weighted by molar-refractivity contribution is -0.114. The maximum absolute atomic E-state index is 12.4. The van der Waals surface area contributed by atoms with Gasteiger partial charge in [0.2, 0.25) is 5.91 Å². The molecular formula is C21H20N2O5S. The van der Waals surface area contributed by atoms with Gasteiger partial charge in [-0.2, -0.15) is 0 Å². The summed E-state index contributed by atoms with van der Waals surface area (Å²) in [6, 6.07) is 13.7. The second-order valence-corrected chi connectivity index (χ2v) is 7.23. The molecule has 0 atom stereocenters. The van der Waals surface area contributed by atoms with Gasteiger partial charge < -0.3 is 20.1 Å². The first-order chi connectivity index (χ1) is 13.9. The number of hydrogen-bond acceptors (Lipinski definition) is 7. The van der Waals surface area contributed by atoms with Gasteiger partial charge in [0.15, 0.2) is 0 Å². The number of ether oxygens (including phenoxy) is 2. The molecule has 1 aromatic heterocycles. The minimum Gasteiger partial charge on any atom is -0.465 e. The first kappa shape index (κ1) is 20.3. The molecule has 29 heavy (non-hydrogen) atoms. The van der Waals surface area contributed by atoms with Crippen LogP contribution in [0, 0.1) is 6.92 Å². The lowest BCUT2D eigenvalue weighted by Crippen LogP contribution is -2.22. The number of carbonyl (C=O) groups is 3. The first-order valence-electron chi connectivity index (χ1n) is 8.77. The predicted octanol–water partition coefficient (Wildman–Crippen LogP) is 3.83. The number of amides is 1. The molecular weight excluding hydrogens is 392 g/mol. The summed E-state index contributed by atoms with van der Waals surface area (Å²) in [6.07, 6.45) is 0. The molecule has 0 aliphatic heterocycles. The van der Waals surface area contributed by atoms with Crippen LogP contribution in [0.2, 0.25) is 0 Å². The first-order valence-corrected chi connectivity index (χ1v) is 9.58. The molecule has 0 fully saturated rings. The van der Waals surface area contributed by atoms with E-state index < -0.39 is 11.9 Å². The lowest BCUT2D eigenvalue weighted by Gasteiger charge is -2.09. The summed E-state index contributed by atoms with van der Waals surface area (Å²) in [5.74, 6) is -1.57. The smallest absolute Gasteiger partial charge is 0.348 e. The largest absolute Gasteiger partial charge is 0.465 e. The van der Waals surface area contributed by atoms with Gasteiger partial charge in [-0.1, -0.05) is 30.3 Å². The average Bonchev–Trinajstić information content (AvgIpc) is 3.06. The molecule has 1 amide bonds. The third-order valence-electron chi connectivity index (χ3n) is 4.36. The SMILES string of the molecule is COC(=O)c1sc(NC(=O)CNc2ccc3ccccc3c2)c(C(=O)OC)c1C. The molecule has 8 heteroatoms. The van der Waals surface area contributed by atoms with Crippen LogP contribution < -0.4 is 10.6 Å². The number of carbonyl (C=O) groups excluding carboxylic acids is 3. The van der Waals surface area contributed by atoms with Crippen LogP contribution >= 0.6 is 11.3 Å². The Balaban J connectivity index is 1.75. The summed E-state index contributed by atoms with van der Waals surface area (Å²) < 4.78 is 9.52. The number of benzene rings is 2. The van der Waals surface area contributed by atoms with Crippen LogP contribution in [-0.4, -0.2) is 38.6 Å². The number of fused-ring (bicyclic) bond motifs is 1. The monoisotopic (exact) mass is 412 g/mol. The number of nitrogens with one attached hydrogen (secondary N) is 2. The van der Waals surface area contributed by atoms with Crippen molar-refractivity contribution in [3.05, 3.63) is 58.5 Å². The van der Waals surface area contributed by atoms with Gasteiger partial charge >= 0.3 is 11.9 Å². The third kappa shape index (κ3) is 4.38. The molecule has 0 saturated carbocycles. The van der Waals surface area contributed by atoms with Gasteiger partial charge in [-0.05, 0) is 35.4 Å². The number of rotatable bonds is 6. The second kappa shape index (κ2) is 8.74. The van der Waals surface area contributed by atoms with E-state index in [4.69, 9.17) is 9.47 Å². The minimum atomic E-state index is -0.633. The van der Waals surface area contributed by atoms with Crippen LogP contribution in [0.25, 0.3) is 10.8 Å². The number of anilines is 2. The third-order valence-corrected chi connectivity index (χ3v) is 5.55. The summed E-state index contributed by atoms with van der Waals surface area (Å²) >= 11 is 0.979. The fourth-order valence-corrected chi connectivity index (χ4v) is 4.02. The van der Waals surface area contributed by atoms with Gasteiger partial charge in [0.1, 0.15) is 9.88 Å². The molecule has 0 aliphatic carbocycles. The highest BCUT2D eigenvalue weighted by molar-refractivity contribution is 7.18. The van der Waals surface area contributed by atoms with E-state index in [2.05, 4.69) is 10.6 Å². The molecule has 7 nitrogen and oxygen atoms in total. The van der Waals surface area contributed by atoms with Crippen LogP contribution in [0.4, 0.5) is 10.7 Å². The van der Waals surface area contributed by atoms with Crippen molar-refractivity contribution in [2.75, 3.05) is 31.4 Å². The van der Waals surface area contributed by atoms with E-state index >= 15 is 0 Å². The van der Waals surface area contributed by atoms with E-state index in [-0.39, 0.29) is 27.9 Å². The molecule has 0 aliphatic rings. The Bertz CT molecular complexity index is 1090. The predicted molar refractivity (Wildman–Crippen MR) is 113 cm³/mol. The van der Waals surface area contributed by atoms with Gasteiger partial charge in [0.25, 0.3) is 0 Å². The molecule has 150 valence electrons. The van der Waals surface area contributed by atoms with Crippen molar-refractivity contribution in [1.29, 1.82) is 0 Å². The summed E-state index contributed by atoms with van der Waals surface area (Å²) in [4.78, 5) is 36.7. The summed E-state index contributed by atoms with van der Waals surface area (Å²) in [6.45, 7) is 1.60. The molecule has 1 heterocycles. The average molecular weight is 412 g/mol. The quantitative estimate of drug-likeness (QED) is 0.598. The lowest BCUT2D eigenvalue weighted by atomic mass is 10.1. The van der Waals surface area contributed by atoms with Crippen molar-refractivity contribution in [2.24, 2.45) is 0 Å². The van der Waals surface area contributed by atoms with Gasteiger partial charge in [-0.3, -0.25) is 4.79 Å². The summed E-state index contributed by atoms with van der Waals surface area (Å²) in [7, 11) is 2.50. The van der Waals surface area contributed by atoms with E-state index in [9.17, 15) is 14.4 Å². The van der Waals surface area contributed by atoms with Crippen molar-refractivity contribution in [2.45, 2.75) is 6.92 Å². The summed E-state index contributed by atoms with van der Waals surface area (Å²) in [5.41, 5.74) is 1.35. The number of esters is 2. The maximum atomic E-state index is 12.4. The molecule has 2 N–H and O–H groups in total. The van der Waals surface area contributed by atoms with Crippen LogP contribution in [0.5, 0.6) is 0 Å². The van der Waals surface area contributed by atoms with E-state index in [1.165, 1.54) is 14.2 Å². The zero-order valence-corrected chi connectivity index (χ0v) is 17.0. The topological polar surface area (TPSA) is 93.7 Å². The van der Waals surface area contributed by atoms with Gasteiger partial charge in [-0.25, -0.2) is 9.59 Å². The second-order valence-electron chi connectivity index (χ2n) is 6.21. The minimum absolute atomic E-state index is 0.0105.